The van der Waals surface area contributed by atoms with Crippen molar-refractivity contribution in [3.05, 3.63) is 23.3 Å². The van der Waals surface area contributed by atoms with Crippen LogP contribution in [0, 0.1) is 0 Å². The molecule has 1 aromatic rings. The van der Waals surface area contributed by atoms with Gasteiger partial charge in [-0.1, -0.05) is 6.07 Å². The highest BCUT2D eigenvalue weighted by molar-refractivity contribution is 5.51. The van der Waals surface area contributed by atoms with Gasteiger partial charge in [0.15, 0.2) is 11.5 Å². The first-order valence-corrected chi connectivity index (χ1v) is 6.14. The molecule has 4 nitrogen and oxygen atoms in total. The number of hydrogen-bond donors (Lipinski definition) is 1. The molecule has 0 spiro atoms. The van der Waals surface area contributed by atoms with Crippen molar-refractivity contribution in [2.24, 2.45) is 5.73 Å². The molecule has 1 aliphatic rings. The number of nitrogens with two attached hydrogens (primary N) is 1. The number of methoxy groups -OCH3 is 3. The molecule has 0 unspecified atom stereocenters. The van der Waals surface area contributed by atoms with Crippen LogP contribution in [0.5, 0.6) is 11.5 Å². The maximum atomic E-state index is 6.22. The summed E-state index contributed by atoms with van der Waals surface area (Å²) in [4.78, 5) is 0. The third-order valence-corrected chi connectivity index (χ3v) is 3.47. The van der Waals surface area contributed by atoms with Crippen molar-refractivity contribution in [2.45, 2.75) is 31.4 Å². The molecule has 0 saturated heterocycles. The van der Waals surface area contributed by atoms with Crippen LogP contribution in [-0.2, 0) is 17.8 Å². The van der Waals surface area contributed by atoms with E-state index in [2.05, 4.69) is 0 Å². The molecule has 1 aliphatic carbocycles. The van der Waals surface area contributed by atoms with Gasteiger partial charge in [0, 0.05) is 18.2 Å². The summed E-state index contributed by atoms with van der Waals surface area (Å²) in [6.45, 7) is 0.561. The molecule has 0 atom stereocenters. The normalized spacial score (nSPS) is 16.4. The standard InChI is InChI=1S/C14H21NO3/c1-16-9-10-4-5-12(17-2)13(18-3)11(10)8-14(15)6-7-14/h4-5H,6-9,15H2,1-3H3. The SMILES string of the molecule is COCc1ccc(OC)c(OC)c1CC1(N)CC1. The molecule has 0 heterocycles. The molecule has 0 amide bonds. The van der Waals surface area contributed by atoms with Crippen LogP contribution in [0.2, 0.25) is 0 Å². The Bertz CT molecular complexity index is 427. The lowest BCUT2D eigenvalue weighted by Gasteiger charge is -2.19. The Morgan fingerprint density at radius 1 is 1.17 bits per heavy atom. The first kappa shape index (κ1) is 13.2. The number of ether oxygens (including phenoxy) is 3. The minimum absolute atomic E-state index is 0.0673. The van der Waals surface area contributed by atoms with E-state index in [1.165, 1.54) is 0 Å². The summed E-state index contributed by atoms with van der Waals surface area (Å²) < 4.78 is 16.1. The van der Waals surface area contributed by atoms with Crippen LogP contribution in [-0.4, -0.2) is 26.9 Å². The highest BCUT2D eigenvalue weighted by atomic mass is 16.5. The van der Waals surface area contributed by atoms with Gasteiger partial charge in [0.25, 0.3) is 0 Å². The molecule has 2 rings (SSSR count). The third-order valence-electron chi connectivity index (χ3n) is 3.47. The monoisotopic (exact) mass is 251 g/mol. The lowest BCUT2D eigenvalue weighted by Crippen LogP contribution is -2.25. The summed E-state index contributed by atoms with van der Waals surface area (Å²) in [6.07, 6.45) is 2.95. The Morgan fingerprint density at radius 3 is 2.39 bits per heavy atom. The molecule has 100 valence electrons. The zero-order valence-electron chi connectivity index (χ0n) is 11.3. The van der Waals surface area contributed by atoms with Gasteiger partial charge in [-0.3, -0.25) is 0 Å². The maximum absolute atomic E-state index is 6.22. The molecule has 1 aromatic carbocycles. The fourth-order valence-electron chi connectivity index (χ4n) is 2.21. The van der Waals surface area contributed by atoms with E-state index in [9.17, 15) is 0 Å². The van der Waals surface area contributed by atoms with E-state index < -0.39 is 0 Å². The first-order valence-electron chi connectivity index (χ1n) is 6.14. The molecule has 0 aromatic heterocycles. The predicted molar refractivity (Wildman–Crippen MR) is 70.1 cm³/mol. The van der Waals surface area contributed by atoms with E-state index in [1.807, 2.05) is 12.1 Å². The van der Waals surface area contributed by atoms with Gasteiger partial charge in [0.2, 0.25) is 0 Å². The quantitative estimate of drug-likeness (QED) is 0.838. The van der Waals surface area contributed by atoms with Crippen LogP contribution in [0.4, 0.5) is 0 Å². The molecule has 4 heteroatoms. The summed E-state index contributed by atoms with van der Waals surface area (Å²) in [5.74, 6) is 1.53. The molecule has 0 bridgehead atoms. The molecular formula is C14H21NO3. The van der Waals surface area contributed by atoms with Crippen molar-refractivity contribution in [1.29, 1.82) is 0 Å². The second-order valence-corrected chi connectivity index (χ2v) is 4.91. The number of hydrogen-bond acceptors (Lipinski definition) is 4. The Hall–Kier alpha value is -1.26. The van der Waals surface area contributed by atoms with E-state index in [-0.39, 0.29) is 5.54 Å². The topological polar surface area (TPSA) is 53.7 Å². The van der Waals surface area contributed by atoms with Gasteiger partial charge in [-0.2, -0.15) is 0 Å². The van der Waals surface area contributed by atoms with Crippen molar-refractivity contribution in [2.75, 3.05) is 21.3 Å². The lowest BCUT2D eigenvalue weighted by atomic mass is 9.98. The van der Waals surface area contributed by atoms with E-state index >= 15 is 0 Å². The minimum atomic E-state index is -0.0673. The van der Waals surface area contributed by atoms with E-state index in [4.69, 9.17) is 19.9 Å². The predicted octanol–water partition coefficient (Wildman–Crippen LogP) is 1.88. The zero-order chi connectivity index (χ0) is 13.2. The Kier molecular flexibility index (Phi) is 3.78. The van der Waals surface area contributed by atoms with Gasteiger partial charge in [0.1, 0.15) is 0 Å². The van der Waals surface area contributed by atoms with Crippen LogP contribution in [0.15, 0.2) is 12.1 Å². The van der Waals surface area contributed by atoms with Crippen LogP contribution in [0.25, 0.3) is 0 Å². The maximum Gasteiger partial charge on any atom is 0.164 e. The largest absolute Gasteiger partial charge is 0.493 e. The highest BCUT2D eigenvalue weighted by Crippen LogP contribution is 2.42. The van der Waals surface area contributed by atoms with Gasteiger partial charge in [-0.15, -0.1) is 0 Å². The molecule has 2 N–H and O–H groups in total. The van der Waals surface area contributed by atoms with Crippen LogP contribution in [0.1, 0.15) is 24.0 Å². The summed E-state index contributed by atoms with van der Waals surface area (Å²) in [6, 6.07) is 3.93. The Morgan fingerprint density at radius 2 is 1.89 bits per heavy atom. The molecule has 1 fully saturated rings. The smallest absolute Gasteiger partial charge is 0.164 e. The Labute approximate surface area is 108 Å². The van der Waals surface area contributed by atoms with Gasteiger partial charge in [-0.05, 0) is 30.9 Å². The second-order valence-electron chi connectivity index (χ2n) is 4.91. The van der Waals surface area contributed by atoms with E-state index in [0.29, 0.717) is 6.61 Å². The van der Waals surface area contributed by atoms with Crippen molar-refractivity contribution in [1.82, 2.24) is 0 Å². The fraction of sp³-hybridized carbons (Fsp3) is 0.571. The fourth-order valence-corrected chi connectivity index (χ4v) is 2.21. The van der Waals surface area contributed by atoms with Crippen molar-refractivity contribution >= 4 is 0 Å². The van der Waals surface area contributed by atoms with E-state index in [1.54, 1.807) is 21.3 Å². The lowest BCUT2D eigenvalue weighted by molar-refractivity contribution is 0.183. The van der Waals surface area contributed by atoms with Crippen LogP contribution >= 0.6 is 0 Å². The Balaban J connectivity index is 2.40. The minimum Gasteiger partial charge on any atom is -0.493 e. The zero-order valence-corrected chi connectivity index (χ0v) is 11.3. The second kappa shape index (κ2) is 5.16. The average molecular weight is 251 g/mol. The molecule has 1 saturated carbocycles. The number of benzene rings is 1. The molecule has 0 radical (unpaired) electrons. The van der Waals surface area contributed by atoms with E-state index in [0.717, 1.165) is 41.9 Å². The summed E-state index contributed by atoms with van der Waals surface area (Å²) in [5.41, 5.74) is 8.38. The van der Waals surface area contributed by atoms with Gasteiger partial charge < -0.3 is 19.9 Å². The van der Waals surface area contributed by atoms with Gasteiger partial charge >= 0.3 is 0 Å². The van der Waals surface area contributed by atoms with Crippen LogP contribution < -0.4 is 15.2 Å². The first-order chi connectivity index (χ1) is 8.63. The van der Waals surface area contributed by atoms with Crippen molar-refractivity contribution in [3.63, 3.8) is 0 Å². The van der Waals surface area contributed by atoms with Crippen LogP contribution in [0.3, 0.4) is 0 Å². The average Bonchev–Trinajstić information content (AvgIpc) is 3.09. The number of rotatable bonds is 6. The molecule has 18 heavy (non-hydrogen) atoms. The third kappa shape index (κ3) is 2.60. The summed E-state index contributed by atoms with van der Waals surface area (Å²) >= 11 is 0. The van der Waals surface area contributed by atoms with Gasteiger partial charge in [0.05, 0.1) is 20.8 Å². The molecule has 0 aliphatic heterocycles. The van der Waals surface area contributed by atoms with Crippen molar-refractivity contribution in [3.8, 4) is 11.5 Å². The van der Waals surface area contributed by atoms with Gasteiger partial charge in [-0.25, -0.2) is 0 Å². The molecular weight excluding hydrogens is 230 g/mol. The van der Waals surface area contributed by atoms with Crippen molar-refractivity contribution < 1.29 is 14.2 Å². The highest BCUT2D eigenvalue weighted by Gasteiger charge is 2.39. The summed E-state index contributed by atoms with van der Waals surface area (Å²) in [7, 11) is 5.00. The summed E-state index contributed by atoms with van der Waals surface area (Å²) in [5, 5.41) is 0.